The zero-order valence-electron chi connectivity index (χ0n) is 10.2. The standard InChI is InChI=1S/C14H11ClFN3/c1-8-5-9(16)7-10(6-8)19-12-4-2-3-11(15)13(12)18-14(19)17/h2-7H,1H3,(H2,17,18). The highest BCUT2D eigenvalue weighted by molar-refractivity contribution is 6.35. The van der Waals surface area contributed by atoms with Gasteiger partial charge in [-0.05, 0) is 42.8 Å². The molecule has 0 fully saturated rings. The van der Waals surface area contributed by atoms with Gasteiger partial charge in [0.25, 0.3) is 0 Å². The highest BCUT2D eigenvalue weighted by Crippen LogP contribution is 2.28. The Bertz CT molecular complexity index is 759. The Hall–Kier alpha value is -2.07. The number of aromatic nitrogens is 2. The van der Waals surface area contributed by atoms with E-state index in [1.54, 1.807) is 10.6 Å². The molecule has 0 saturated heterocycles. The number of benzene rings is 2. The first-order valence-corrected chi connectivity index (χ1v) is 6.14. The third-order valence-corrected chi connectivity index (χ3v) is 3.25. The molecule has 0 atom stereocenters. The van der Waals surface area contributed by atoms with Crippen molar-refractivity contribution < 1.29 is 4.39 Å². The van der Waals surface area contributed by atoms with Crippen LogP contribution >= 0.6 is 11.6 Å². The monoisotopic (exact) mass is 275 g/mol. The van der Waals surface area contributed by atoms with Crippen LogP contribution < -0.4 is 5.73 Å². The minimum absolute atomic E-state index is 0.285. The number of fused-ring (bicyclic) bond motifs is 1. The quantitative estimate of drug-likeness (QED) is 0.736. The summed E-state index contributed by atoms with van der Waals surface area (Å²) in [6.07, 6.45) is 0. The highest BCUT2D eigenvalue weighted by atomic mass is 35.5. The first-order valence-electron chi connectivity index (χ1n) is 5.76. The summed E-state index contributed by atoms with van der Waals surface area (Å²) in [5.41, 5.74) is 8.76. The summed E-state index contributed by atoms with van der Waals surface area (Å²) in [6, 6.07) is 10.1. The van der Waals surface area contributed by atoms with Crippen molar-refractivity contribution in [2.75, 3.05) is 5.73 Å². The molecular formula is C14H11ClFN3. The van der Waals surface area contributed by atoms with E-state index in [-0.39, 0.29) is 11.8 Å². The van der Waals surface area contributed by atoms with Crippen LogP contribution in [0.1, 0.15) is 5.56 Å². The predicted molar refractivity (Wildman–Crippen MR) is 75.2 cm³/mol. The fourth-order valence-electron chi connectivity index (χ4n) is 2.20. The summed E-state index contributed by atoms with van der Waals surface area (Å²) < 4.78 is 15.2. The van der Waals surface area contributed by atoms with Gasteiger partial charge in [0.2, 0.25) is 5.95 Å². The van der Waals surface area contributed by atoms with Crippen molar-refractivity contribution in [2.45, 2.75) is 6.92 Å². The van der Waals surface area contributed by atoms with Crippen LogP contribution in [0, 0.1) is 12.7 Å². The predicted octanol–water partition coefficient (Wildman–Crippen LogP) is 3.71. The molecule has 1 heterocycles. The number of nitrogen functional groups attached to an aromatic ring is 1. The number of para-hydroxylation sites is 1. The molecule has 0 spiro atoms. The van der Waals surface area contributed by atoms with Crippen molar-refractivity contribution in [1.82, 2.24) is 9.55 Å². The van der Waals surface area contributed by atoms with Crippen LogP contribution in [-0.4, -0.2) is 9.55 Å². The Kier molecular flexibility index (Phi) is 2.68. The first kappa shape index (κ1) is 12.0. The summed E-state index contributed by atoms with van der Waals surface area (Å²) >= 11 is 6.09. The molecule has 2 N–H and O–H groups in total. The molecule has 3 aromatic rings. The molecule has 0 radical (unpaired) electrons. The average Bonchev–Trinajstić information content (AvgIpc) is 2.65. The van der Waals surface area contributed by atoms with Gasteiger partial charge < -0.3 is 5.73 Å². The molecule has 1 aromatic heterocycles. The molecule has 0 amide bonds. The average molecular weight is 276 g/mol. The fourth-order valence-corrected chi connectivity index (χ4v) is 2.41. The smallest absolute Gasteiger partial charge is 0.205 e. The van der Waals surface area contributed by atoms with E-state index < -0.39 is 0 Å². The van der Waals surface area contributed by atoms with Gasteiger partial charge in [-0.2, -0.15) is 0 Å². The summed E-state index contributed by atoms with van der Waals surface area (Å²) in [4.78, 5) is 4.23. The Morgan fingerprint density at radius 3 is 2.79 bits per heavy atom. The third-order valence-electron chi connectivity index (χ3n) is 2.95. The van der Waals surface area contributed by atoms with E-state index in [0.29, 0.717) is 16.2 Å². The van der Waals surface area contributed by atoms with Crippen LogP contribution in [0.15, 0.2) is 36.4 Å². The molecule has 2 aromatic carbocycles. The van der Waals surface area contributed by atoms with Gasteiger partial charge in [0, 0.05) is 0 Å². The zero-order valence-corrected chi connectivity index (χ0v) is 10.9. The molecule has 19 heavy (non-hydrogen) atoms. The Labute approximate surface area is 114 Å². The van der Waals surface area contributed by atoms with Crippen molar-refractivity contribution >= 4 is 28.6 Å². The number of imidazole rings is 1. The van der Waals surface area contributed by atoms with E-state index in [0.717, 1.165) is 11.1 Å². The maximum Gasteiger partial charge on any atom is 0.205 e. The SMILES string of the molecule is Cc1cc(F)cc(-n2c(N)nc3c(Cl)cccc32)c1. The van der Waals surface area contributed by atoms with Gasteiger partial charge in [-0.25, -0.2) is 9.37 Å². The number of hydrogen-bond acceptors (Lipinski definition) is 2. The van der Waals surface area contributed by atoms with E-state index in [4.69, 9.17) is 17.3 Å². The van der Waals surface area contributed by atoms with E-state index in [9.17, 15) is 4.39 Å². The fraction of sp³-hybridized carbons (Fsp3) is 0.0714. The van der Waals surface area contributed by atoms with Gasteiger partial charge in [0.15, 0.2) is 0 Å². The van der Waals surface area contributed by atoms with Crippen LogP contribution in [0.3, 0.4) is 0 Å². The van der Waals surface area contributed by atoms with E-state index in [1.807, 2.05) is 25.1 Å². The highest BCUT2D eigenvalue weighted by Gasteiger charge is 2.12. The van der Waals surface area contributed by atoms with Crippen molar-refractivity contribution in [3.05, 3.63) is 52.8 Å². The second kappa shape index (κ2) is 4.24. The van der Waals surface area contributed by atoms with Crippen LogP contribution in [0.5, 0.6) is 0 Å². The second-order valence-electron chi connectivity index (χ2n) is 4.40. The van der Waals surface area contributed by atoms with Crippen molar-refractivity contribution in [1.29, 1.82) is 0 Å². The Morgan fingerprint density at radius 1 is 1.26 bits per heavy atom. The normalized spacial score (nSPS) is 11.1. The molecule has 96 valence electrons. The van der Waals surface area contributed by atoms with E-state index in [2.05, 4.69) is 4.98 Å². The molecular weight excluding hydrogens is 265 g/mol. The number of anilines is 1. The minimum Gasteiger partial charge on any atom is -0.369 e. The van der Waals surface area contributed by atoms with Crippen LogP contribution in [0.4, 0.5) is 10.3 Å². The molecule has 0 bridgehead atoms. The Morgan fingerprint density at radius 2 is 2.05 bits per heavy atom. The van der Waals surface area contributed by atoms with Gasteiger partial charge in [0.1, 0.15) is 11.3 Å². The van der Waals surface area contributed by atoms with E-state index in [1.165, 1.54) is 12.1 Å². The lowest BCUT2D eigenvalue weighted by atomic mass is 10.2. The first-order chi connectivity index (χ1) is 9.06. The van der Waals surface area contributed by atoms with E-state index >= 15 is 0 Å². The van der Waals surface area contributed by atoms with Crippen molar-refractivity contribution in [2.24, 2.45) is 0 Å². The second-order valence-corrected chi connectivity index (χ2v) is 4.81. The van der Waals surface area contributed by atoms with Crippen LogP contribution in [-0.2, 0) is 0 Å². The number of nitrogens with zero attached hydrogens (tertiary/aromatic N) is 2. The number of rotatable bonds is 1. The number of nitrogens with two attached hydrogens (primary N) is 1. The lowest BCUT2D eigenvalue weighted by Crippen LogP contribution is -2.01. The van der Waals surface area contributed by atoms with Gasteiger partial charge in [0.05, 0.1) is 16.2 Å². The van der Waals surface area contributed by atoms with Gasteiger partial charge in [-0.15, -0.1) is 0 Å². The molecule has 3 nitrogen and oxygen atoms in total. The summed E-state index contributed by atoms with van der Waals surface area (Å²) in [5, 5.41) is 0.524. The van der Waals surface area contributed by atoms with Gasteiger partial charge >= 0.3 is 0 Å². The largest absolute Gasteiger partial charge is 0.369 e. The maximum atomic E-state index is 13.5. The summed E-state index contributed by atoms with van der Waals surface area (Å²) in [7, 11) is 0. The number of halogens is 2. The molecule has 0 aliphatic heterocycles. The number of hydrogen-bond donors (Lipinski definition) is 1. The molecule has 0 unspecified atom stereocenters. The molecule has 3 rings (SSSR count). The molecule has 5 heteroatoms. The van der Waals surface area contributed by atoms with Gasteiger partial charge in [-0.1, -0.05) is 17.7 Å². The lowest BCUT2D eigenvalue weighted by molar-refractivity contribution is 0.625. The minimum atomic E-state index is -0.307. The zero-order chi connectivity index (χ0) is 13.6. The van der Waals surface area contributed by atoms with Crippen molar-refractivity contribution in [3.63, 3.8) is 0 Å². The maximum absolute atomic E-state index is 13.5. The molecule has 0 aliphatic carbocycles. The summed E-state index contributed by atoms with van der Waals surface area (Å²) in [5.74, 6) is -0.0219. The van der Waals surface area contributed by atoms with Gasteiger partial charge in [-0.3, -0.25) is 4.57 Å². The Balaban J connectivity index is 2.36. The topological polar surface area (TPSA) is 43.8 Å². The molecule has 0 saturated carbocycles. The summed E-state index contributed by atoms with van der Waals surface area (Å²) in [6.45, 7) is 1.83. The van der Waals surface area contributed by atoms with Crippen LogP contribution in [0.25, 0.3) is 16.7 Å². The van der Waals surface area contributed by atoms with Crippen LogP contribution in [0.2, 0.25) is 5.02 Å². The number of aryl methyl sites for hydroxylation is 1. The lowest BCUT2D eigenvalue weighted by Gasteiger charge is -2.08. The molecule has 0 aliphatic rings. The third kappa shape index (κ3) is 1.94. The van der Waals surface area contributed by atoms with Crippen molar-refractivity contribution in [3.8, 4) is 5.69 Å².